The Morgan fingerprint density at radius 2 is 2.05 bits per heavy atom. The molecule has 1 amide bonds. The van der Waals surface area contributed by atoms with E-state index in [-0.39, 0.29) is 6.09 Å². The molecule has 0 unspecified atom stereocenters. The summed E-state index contributed by atoms with van der Waals surface area (Å²) in [5.74, 6) is 0. The SMILES string of the molecule is Cc1cc(Br)cc2c1CCCN2C(=O)OCc1ccccc1. The molecule has 1 aliphatic rings. The Hall–Kier alpha value is -1.81. The molecule has 0 aromatic heterocycles. The number of carbonyl (C=O) groups excluding carboxylic acids is 1. The number of halogens is 1. The molecule has 0 saturated carbocycles. The van der Waals surface area contributed by atoms with E-state index in [4.69, 9.17) is 4.74 Å². The summed E-state index contributed by atoms with van der Waals surface area (Å²) in [4.78, 5) is 14.2. The lowest BCUT2D eigenvalue weighted by atomic mass is 9.97. The van der Waals surface area contributed by atoms with Gasteiger partial charge in [-0.25, -0.2) is 4.79 Å². The van der Waals surface area contributed by atoms with Crippen LogP contribution in [0, 0.1) is 6.92 Å². The van der Waals surface area contributed by atoms with Crippen molar-refractivity contribution in [1.82, 2.24) is 0 Å². The molecule has 0 spiro atoms. The second kappa shape index (κ2) is 6.53. The van der Waals surface area contributed by atoms with Crippen LogP contribution in [0.1, 0.15) is 23.1 Å². The number of fused-ring (bicyclic) bond motifs is 1. The summed E-state index contributed by atoms with van der Waals surface area (Å²) < 4.78 is 6.47. The Morgan fingerprint density at radius 3 is 2.82 bits per heavy atom. The van der Waals surface area contributed by atoms with Gasteiger partial charge in [0.05, 0.1) is 5.69 Å². The van der Waals surface area contributed by atoms with Gasteiger partial charge in [-0.1, -0.05) is 46.3 Å². The molecule has 0 aliphatic carbocycles. The zero-order chi connectivity index (χ0) is 15.5. The Kier molecular flexibility index (Phi) is 4.48. The molecule has 0 atom stereocenters. The van der Waals surface area contributed by atoms with E-state index in [0.717, 1.165) is 28.6 Å². The van der Waals surface area contributed by atoms with Crippen molar-refractivity contribution in [3.8, 4) is 0 Å². The number of carbonyl (C=O) groups is 1. The topological polar surface area (TPSA) is 29.5 Å². The van der Waals surface area contributed by atoms with E-state index in [1.54, 1.807) is 4.90 Å². The van der Waals surface area contributed by atoms with Gasteiger partial charge in [-0.15, -0.1) is 0 Å². The number of rotatable bonds is 2. The van der Waals surface area contributed by atoms with Crippen molar-refractivity contribution in [2.75, 3.05) is 11.4 Å². The molecule has 0 radical (unpaired) electrons. The van der Waals surface area contributed by atoms with Crippen LogP contribution in [0.2, 0.25) is 0 Å². The summed E-state index contributed by atoms with van der Waals surface area (Å²) in [6.45, 7) is 3.09. The quantitative estimate of drug-likeness (QED) is 0.767. The summed E-state index contributed by atoms with van der Waals surface area (Å²) in [6, 6.07) is 13.9. The lowest BCUT2D eigenvalue weighted by molar-refractivity contribution is 0.146. The van der Waals surface area contributed by atoms with Gasteiger partial charge in [0, 0.05) is 11.0 Å². The number of nitrogens with zero attached hydrogens (tertiary/aromatic N) is 1. The van der Waals surface area contributed by atoms with E-state index in [9.17, 15) is 4.79 Å². The minimum Gasteiger partial charge on any atom is -0.444 e. The molecule has 114 valence electrons. The third-order valence-corrected chi connectivity index (χ3v) is 4.40. The van der Waals surface area contributed by atoms with Crippen molar-refractivity contribution < 1.29 is 9.53 Å². The predicted octanol–water partition coefficient (Wildman–Crippen LogP) is 4.85. The maximum absolute atomic E-state index is 12.4. The number of benzene rings is 2. The normalized spacial score (nSPS) is 13.6. The fourth-order valence-electron chi connectivity index (χ4n) is 2.84. The third kappa shape index (κ3) is 3.17. The molecule has 2 aromatic rings. The summed E-state index contributed by atoms with van der Waals surface area (Å²) >= 11 is 3.51. The molecule has 22 heavy (non-hydrogen) atoms. The van der Waals surface area contributed by atoms with Gasteiger partial charge in [-0.2, -0.15) is 0 Å². The number of hydrogen-bond donors (Lipinski definition) is 0. The number of amides is 1. The highest BCUT2D eigenvalue weighted by molar-refractivity contribution is 9.10. The number of hydrogen-bond acceptors (Lipinski definition) is 2. The first-order chi connectivity index (χ1) is 10.6. The Labute approximate surface area is 139 Å². The van der Waals surface area contributed by atoms with Crippen LogP contribution in [0.3, 0.4) is 0 Å². The maximum Gasteiger partial charge on any atom is 0.414 e. The highest BCUT2D eigenvalue weighted by Gasteiger charge is 2.25. The maximum atomic E-state index is 12.4. The van der Waals surface area contributed by atoms with E-state index in [0.29, 0.717) is 13.2 Å². The molecule has 3 nitrogen and oxygen atoms in total. The van der Waals surface area contributed by atoms with Crippen LogP contribution in [0.4, 0.5) is 10.5 Å². The highest BCUT2D eigenvalue weighted by Crippen LogP contribution is 2.33. The van der Waals surface area contributed by atoms with Crippen LogP contribution in [0.15, 0.2) is 46.9 Å². The molecule has 0 saturated heterocycles. The minimum absolute atomic E-state index is 0.276. The van der Waals surface area contributed by atoms with Crippen molar-refractivity contribution in [2.45, 2.75) is 26.4 Å². The van der Waals surface area contributed by atoms with Crippen LogP contribution < -0.4 is 4.90 Å². The fourth-order valence-corrected chi connectivity index (χ4v) is 3.40. The smallest absolute Gasteiger partial charge is 0.414 e. The van der Waals surface area contributed by atoms with Gasteiger partial charge in [-0.05, 0) is 48.6 Å². The molecule has 4 heteroatoms. The van der Waals surface area contributed by atoms with Gasteiger partial charge in [0.1, 0.15) is 6.61 Å². The van der Waals surface area contributed by atoms with Crippen molar-refractivity contribution in [2.24, 2.45) is 0 Å². The van der Waals surface area contributed by atoms with Crippen molar-refractivity contribution in [1.29, 1.82) is 0 Å². The van der Waals surface area contributed by atoms with Gasteiger partial charge in [0.25, 0.3) is 0 Å². The second-order valence-electron chi connectivity index (χ2n) is 5.52. The number of ether oxygens (including phenoxy) is 1. The monoisotopic (exact) mass is 359 g/mol. The highest BCUT2D eigenvalue weighted by atomic mass is 79.9. The Morgan fingerprint density at radius 1 is 1.27 bits per heavy atom. The second-order valence-corrected chi connectivity index (χ2v) is 6.43. The van der Waals surface area contributed by atoms with Crippen LogP contribution in [-0.2, 0) is 17.8 Å². The number of aryl methyl sites for hydroxylation is 1. The molecular weight excluding hydrogens is 342 g/mol. The average molecular weight is 360 g/mol. The van der Waals surface area contributed by atoms with Gasteiger partial charge in [0.2, 0.25) is 0 Å². The molecule has 0 bridgehead atoms. The zero-order valence-corrected chi connectivity index (χ0v) is 14.1. The van der Waals surface area contributed by atoms with Gasteiger partial charge in [0.15, 0.2) is 0 Å². The van der Waals surface area contributed by atoms with Crippen LogP contribution in [0.25, 0.3) is 0 Å². The van der Waals surface area contributed by atoms with Gasteiger partial charge >= 0.3 is 6.09 Å². The van der Waals surface area contributed by atoms with Crippen LogP contribution in [-0.4, -0.2) is 12.6 Å². The lowest BCUT2D eigenvalue weighted by Crippen LogP contribution is -2.36. The van der Waals surface area contributed by atoms with Crippen molar-refractivity contribution >= 4 is 27.7 Å². The van der Waals surface area contributed by atoms with E-state index in [2.05, 4.69) is 28.9 Å². The third-order valence-electron chi connectivity index (χ3n) is 3.94. The summed E-state index contributed by atoms with van der Waals surface area (Å²) in [5, 5.41) is 0. The van der Waals surface area contributed by atoms with Crippen LogP contribution in [0.5, 0.6) is 0 Å². The van der Waals surface area contributed by atoms with Crippen LogP contribution >= 0.6 is 15.9 Å². The van der Waals surface area contributed by atoms with Crippen molar-refractivity contribution in [3.63, 3.8) is 0 Å². The molecule has 1 aliphatic heterocycles. The lowest BCUT2D eigenvalue weighted by Gasteiger charge is -2.30. The number of anilines is 1. The minimum atomic E-state index is -0.276. The molecule has 1 heterocycles. The summed E-state index contributed by atoms with van der Waals surface area (Å²) in [5.41, 5.74) is 4.42. The summed E-state index contributed by atoms with van der Waals surface area (Å²) in [6.07, 6.45) is 1.70. The fraction of sp³-hybridized carbons (Fsp3) is 0.278. The Balaban J connectivity index is 1.77. The largest absolute Gasteiger partial charge is 0.444 e. The first-order valence-corrected chi connectivity index (χ1v) is 8.21. The van der Waals surface area contributed by atoms with E-state index in [1.807, 2.05) is 36.4 Å². The van der Waals surface area contributed by atoms with Gasteiger partial charge in [-0.3, -0.25) is 4.90 Å². The average Bonchev–Trinajstić information content (AvgIpc) is 2.53. The Bertz CT molecular complexity index is 685. The molecule has 0 fully saturated rings. The van der Waals surface area contributed by atoms with Gasteiger partial charge < -0.3 is 4.74 Å². The van der Waals surface area contributed by atoms with E-state index < -0.39 is 0 Å². The summed E-state index contributed by atoms with van der Waals surface area (Å²) in [7, 11) is 0. The predicted molar refractivity (Wildman–Crippen MR) is 91.2 cm³/mol. The van der Waals surface area contributed by atoms with E-state index >= 15 is 0 Å². The molecular formula is C18H18BrNO2. The molecule has 3 rings (SSSR count). The standard InChI is InChI=1S/C18H18BrNO2/c1-13-10-15(19)11-17-16(13)8-5-9-20(17)18(21)22-12-14-6-3-2-4-7-14/h2-4,6-7,10-11H,5,8-9,12H2,1H3. The first-order valence-electron chi connectivity index (χ1n) is 7.42. The first kappa shape index (κ1) is 15.1. The zero-order valence-electron chi connectivity index (χ0n) is 12.5. The molecule has 0 N–H and O–H groups in total. The van der Waals surface area contributed by atoms with Crippen molar-refractivity contribution in [3.05, 3.63) is 63.6 Å². The van der Waals surface area contributed by atoms with E-state index in [1.165, 1.54) is 11.1 Å². The molecule has 2 aromatic carbocycles.